The molecular weight excluding hydrogens is 404 g/mol. The minimum absolute atomic E-state index is 0.0415. The number of hydrogen-bond donors (Lipinski definition) is 0. The van der Waals surface area contributed by atoms with Crippen molar-refractivity contribution in [2.75, 3.05) is 31.1 Å². The normalized spacial score (nSPS) is 16.8. The summed E-state index contributed by atoms with van der Waals surface area (Å²) in [5, 5.41) is 13.2. The number of amides is 1. The third kappa shape index (κ3) is 4.06. The van der Waals surface area contributed by atoms with Gasteiger partial charge in [-0.3, -0.25) is 4.79 Å². The van der Waals surface area contributed by atoms with Crippen LogP contribution in [-0.4, -0.2) is 52.1 Å². The topological polar surface area (TPSA) is 99.2 Å². The first kappa shape index (κ1) is 20.2. The molecule has 162 valence electrons. The molecule has 3 aromatic rings. The number of hydrogen-bond acceptors (Lipinski definition) is 7. The van der Waals surface area contributed by atoms with Crippen molar-refractivity contribution in [3.05, 3.63) is 59.6 Å². The number of aromatic nitrogens is 3. The summed E-state index contributed by atoms with van der Waals surface area (Å²) >= 11 is 0. The van der Waals surface area contributed by atoms with Crippen LogP contribution in [0.1, 0.15) is 53.4 Å². The van der Waals surface area contributed by atoms with Crippen molar-refractivity contribution in [3.8, 4) is 17.5 Å². The monoisotopic (exact) mass is 428 g/mol. The number of anilines is 1. The van der Waals surface area contributed by atoms with Gasteiger partial charge in [-0.05, 0) is 43.2 Å². The van der Waals surface area contributed by atoms with Crippen molar-refractivity contribution >= 4 is 11.7 Å². The van der Waals surface area contributed by atoms with Gasteiger partial charge in [0, 0.05) is 49.4 Å². The van der Waals surface area contributed by atoms with Crippen molar-refractivity contribution < 1.29 is 9.32 Å². The molecule has 0 radical (unpaired) electrons. The van der Waals surface area contributed by atoms with Crippen LogP contribution in [0, 0.1) is 11.3 Å². The average Bonchev–Trinajstić information content (AvgIpc) is 3.56. The lowest BCUT2D eigenvalue weighted by Gasteiger charge is -2.35. The van der Waals surface area contributed by atoms with Crippen LogP contribution in [0.15, 0.2) is 47.1 Å². The molecule has 1 amide bonds. The van der Waals surface area contributed by atoms with Crippen molar-refractivity contribution in [2.45, 2.75) is 31.6 Å². The van der Waals surface area contributed by atoms with Crippen molar-refractivity contribution in [2.24, 2.45) is 0 Å². The molecule has 1 saturated heterocycles. The number of nitrogens with zero attached hydrogens (tertiary/aromatic N) is 6. The maximum atomic E-state index is 12.8. The Morgan fingerprint density at radius 3 is 2.62 bits per heavy atom. The SMILES string of the molecule is N#Cc1cccc(C(=O)N2CCN(c3ccc(-c4noc(C5CCCC5)n4)cn3)CC2)c1. The van der Waals surface area contributed by atoms with E-state index < -0.39 is 0 Å². The Hall–Kier alpha value is -3.73. The van der Waals surface area contributed by atoms with Crippen LogP contribution < -0.4 is 4.90 Å². The van der Waals surface area contributed by atoms with Gasteiger partial charge in [-0.1, -0.05) is 24.1 Å². The van der Waals surface area contributed by atoms with Crippen LogP contribution in [0.4, 0.5) is 5.82 Å². The highest BCUT2D eigenvalue weighted by Crippen LogP contribution is 2.34. The molecule has 32 heavy (non-hydrogen) atoms. The van der Waals surface area contributed by atoms with Crippen LogP contribution in [0.25, 0.3) is 11.4 Å². The Kier molecular flexibility index (Phi) is 5.55. The Bertz CT molecular complexity index is 1140. The molecule has 0 unspecified atom stereocenters. The number of piperazine rings is 1. The van der Waals surface area contributed by atoms with Crippen LogP contribution >= 0.6 is 0 Å². The number of carbonyl (C=O) groups is 1. The summed E-state index contributed by atoms with van der Waals surface area (Å²) in [6.07, 6.45) is 6.48. The minimum atomic E-state index is -0.0415. The lowest BCUT2D eigenvalue weighted by molar-refractivity contribution is 0.0746. The van der Waals surface area contributed by atoms with Gasteiger partial charge in [0.1, 0.15) is 5.82 Å². The van der Waals surface area contributed by atoms with Crippen LogP contribution in [0.5, 0.6) is 0 Å². The first-order valence-electron chi connectivity index (χ1n) is 11.1. The van der Waals surface area contributed by atoms with E-state index in [1.54, 1.807) is 30.5 Å². The highest BCUT2D eigenvalue weighted by molar-refractivity contribution is 5.94. The zero-order valence-corrected chi connectivity index (χ0v) is 17.8. The van der Waals surface area contributed by atoms with Crippen molar-refractivity contribution in [1.29, 1.82) is 5.26 Å². The highest BCUT2D eigenvalue weighted by Gasteiger charge is 2.25. The summed E-state index contributed by atoms with van der Waals surface area (Å²) in [4.78, 5) is 25.9. The minimum Gasteiger partial charge on any atom is -0.353 e. The number of rotatable bonds is 4. The summed E-state index contributed by atoms with van der Waals surface area (Å²) < 4.78 is 5.48. The molecule has 1 aliphatic heterocycles. The highest BCUT2D eigenvalue weighted by atomic mass is 16.5. The van der Waals surface area contributed by atoms with Gasteiger partial charge >= 0.3 is 0 Å². The number of pyridine rings is 1. The summed E-state index contributed by atoms with van der Waals surface area (Å²) in [6, 6.07) is 12.9. The second kappa shape index (κ2) is 8.79. The molecule has 8 heteroatoms. The molecule has 1 saturated carbocycles. The van der Waals surface area contributed by atoms with E-state index in [2.05, 4.69) is 26.1 Å². The molecule has 1 aromatic carbocycles. The molecule has 0 N–H and O–H groups in total. The molecule has 5 rings (SSSR count). The smallest absolute Gasteiger partial charge is 0.254 e. The molecule has 0 bridgehead atoms. The predicted octanol–water partition coefficient (Wildman–Crippen LogP) is 3.62. The second-order valence-electron chi connectivity index (χ2n) is 8.31. The summed E-state index contributed by atoms with van der Waals surface area (Å²) in [5.74, 6) is 2.54. The van der Waals surface area contributed by atoms with Crippen molar-refractivity contribution in [1.82, 2.24) is 20.0 Å². The molecule has 0 atom stereocenters. The van der Waals surface area contributed by atoms with Gasteiger partial charge in [0.15, 0.2) is 0 Å². The summed E-state index contributed by atoms with van der Waals surface area (Å²) in [6.45, 7) is 2.61. The van der Waals surface area contributed by atoms with E-state index >= 15 is 0 Å². The molecule has 3 heterocycles. The van der Waals surface area contributed by atoms with Crippen LogP contribution in [0.3, 0.4) is 0 Å². The fourth-order valence-electron chi connectivity index (χ4n) is 4.44. The van der Waals surface area contributed by atoms with E-state index in [4.69, 9.17) is 9.78 Å². The standard InChI is InChI=1S/C24H24N6O2/c25-15-17-4-3-7-19(14-17)24(31)30-12-10-29(11-13-30)21-9-8-20(16-26-21)22-27-23(32-28-22)18-5-1-2-6-18/h3-4,7-9,14,16,18H,1-2,5-6,10-13H2. The van der Waals surface area contributed by atoms with Crippen LogP contribution in [-0.2, 0) is 0 Å². The largest absolute Gasteiger partial charge is 0.353 e. The molecule has 8 nitrogen and oxygen atoms in total. The average molecular weight is 428 g/mol. The maximum Gasteiger partial charge on any atom is 0.254 e. The molecular formula is C24H24N6O2. The van der Waals surface area contributed by atoms with Crippen molar-refractivity contribution in [3.63, 3.8) is 0 Å². The number of nitriles is 1. The fraction of sp³-hybridized carbons (Fsp3) is 0.375. The third-order valence-electron chi connectivity index (χ3n) is 6.28. The van der Waals surface area contributed by atoms with Gasteiger partial charge in [-0.15, -0.1) is 0 Å². The first-order valence-corrected chi connectivity index (χ1v) is 11.1. The lowest BCUT2D eigenvalue weighted by atomic mass is 10.1. The molecule has 0 spiro atoms. The molecule has 2 aromatic heterocycles. The molecule has 2 fully saturated rings. The Balaban J connectivity index is 1.21. The zero-order chi connectivity index (χ0) is 21.9. The quantitative estimate of drug-likeness (QED) is 0.626. The summed E-state index contributed by atoms with van der Waals surface area (Å²) in [7, 11) is 0. The predicted molar refractivity (Wildman–Crippen MR) is 118 cm³/mol. The third-order valence-corrected chi connectivity index (χ3v) is 6.28. The lowest BCUT2D eigenvalue weighted by Crippen LogP contribution is -2.49. The van der Waals surface area contributed by atoms with Gasteiger partial charge in [0.25, 0.3) is 5.91 Å². The second-order valence-corrected chi connectivity index (χ2v) is 8.31. The van der Waals surface area contributed by atoms with Gasteiger partial charge in [-0.2, -0.15) is 10.2 Å². The van der Waals surface area contributed by atoms with E-state index in [1.807, 2.05) is 17.0 Å². The number of benzene rings is 1. The first-order chi connectivity index (χ1) is 15.7. The van der Waals surface area contributed by atoms with E-state index in [9.17, 15) is 4.79 Å². The van der Waals surface area contributed by atoms with E-state index in [-0.39, 0.29) is 5.91 Å². The Morgan fingerprint density at radius 2 is 1.91 bits per heavy atom. The van der Waals surface area contributed by atoms with E-state index in [0.29, 0.717) is 49.0 Å². The van der Waals surface area contributed by atoms with Gasteiger partial charge in [-0.25, -0.2) is 4.98 Å². The fourth-order valence-corrected chi connectivity index (χ4v) is 4.44. The van der Waals surface area contributed by atoms with Gasteiger partial charge < -0.3 is 14.3 Å². The maximum absolute atomic E-state index is 12.8. The number of carbonyl (C=O) groups excluding carboxylic acids is 1. The van der Waals surface area contributed by atoms with Crippen LogP contribution in [0.2, 0.25) is 0 Å². The van der Waals surface area contributed by atoms with E-state index in [0.717, 1.165) is 30.1 Å². The zero-order valence-electron chi connectivity index (χ0n) is 17.8. The molecule has 1 aliphatic carbocycles. The van der Waals surface area contributed by atoms with Gasteiger partial charge in [0.05, 0.1) is 11.6 Å². The Labute approximate surface area is 186 Å². The van der Waals surface area contributed by atoms with Gasteiger partial charge in [0.2, 0.25) is 11.7 Å². The van der Waals surface area contributed by atoms with E-state index in [1.165, 1.54) is 12.8 Å². The molecule has 2 aliphatic rings. The Morgan fingerprint density at radius 1 is 1.09 bits per heavy atom. The summed E-state index contributed by atoms with van der Waals surface area (Å²) in [5.41, 5.74) is 1.89.